The van der Waals surface area contributed by atoms with Gasteiger partial charge in [0.2, 0.25) is 5.95 Å². The van der Waals surface area contributed by atoms with Crippen LogP contribution in [-0.4, -0.2) is 26.0 Å². The van der Waals surface area contributed by atoms with Gasteiger partial charge in [-0.1, -0.05) is 11.6 Å². The number of anilines is 1. The lowest BCUT2D eigenvalue weighted by Gasteiger charge is -2.13. The van der Waals surface area contributed by atoms with Crippen LogP contribution in [0.5, 0.6) is 0 Å². The van der Waals surface area contributed by atoms with Crippen LogP contribution in [0.4, 0.5) is 10.3 Å². The highest BCUT2D eigenvalue weighted by Crippen LogP contribution is 2.36. The first-order valence-electron chi connectivity index (χ1n) is 9.39. The third-order valence-electron chi connectivity index (χ3n) is 5.02. The number of hydrogen-bond acceptors (Lipinski definition) is 5. The van der Waals surface area contributed by atoms with Gasteiger partial charge in [0.05, 0.1) is 16.2 Å². The van der Waals surface area contributed by atoms with E-state index >= 15 is 0 Å². The molecule has 2 aromatic carbocycles. The molecule has 1 fully saturated rings. The minimum absolute atomic E-state index is 0.290. The zero-order valence-corrected chi connectivity index (χ0v) is 16.4. The van der Waals surface area contributed by atoms with Crippen LogP contribution in [-0.2, 0) is 0 Å². The van der Waals surface area contributed by atoms with Crippen LogP contribution in [0, 0.1) is 12.7 Å². The van der Waals surface area contributed by atoms with E-state index in [4.69, 9.17) is 16.6 Å². The maximum absolute atomic E-state index is 13.5. The monoisotopic (exact) mass is 405 g/mol. The van der Waals surface area contributed by atoms with E-state index in [0.29, 0.717) is 28.2 Å². The first-order valence-corrected chi connectivity index (χ1v) is 9.77. The van der Waals surface area contributed by atoms with E-state index in [1.165, 1.54) is 18.5 Å². The largest absolute Gasteiger partial charge is 0.351 e. The molecule has 0 bridgehead atoms. The standard InChI is InChI=1S/C22H17ClFN5/c1-12-17-8-14(9-19(23)21(17)27-11-26-12)18-10-25-22(28-16-6-7-16)29-20(18)13-2-4-15(24)5-3-13/h2-5,8-11,16H,6-7H2,1H3,(H,25,28,29). The van der Waals surface area contributed by atoms with E-state index in [0.717, 1.165) is 40.6 Å². The maximum atomic E-state index is 13.5. The Labute approximate surface area is 172 Å². The summed E-state index contributed by atoms with van der Waals surface area (Å²) >= 11 is 6.52. The van der Waals surface area contributed by atoms with Gasteiger partial charge in [-0.15, -0.1) is 0 Å². The van der Waals surface area contributed by atoms with E-state index in [1.54, 1.807) is 18.3 Å². The Morgan fingerprint density at radius 2 is 1.83 bits per heavy atom. The van der Waals surface area contributed by atoms with Crippen molar-refractivity contribution < 1.29 is 4.39 Å². The average Bonchev–Trinajstić information content (AvgIpc) is 3.53. The number of hydrogen-bond donors (Lipinski definition) is 1. The summed E-state index contributed by atoms with van der Waals surface area (Å²) in [5.41, 5.74) is 4.74. The summed E-state index contributed by atoms with van der Waals surface area (Å²) in [4.78, 5) is 17.8. The predicted molar refractivity (Wildman–Crippen MR) is 112 cm³/mol. The minimum Gasteiger partial charge on any atom is -0.351 e. The van der Waals surface area contributed by atoms with Crippen LogP contribution in [0.2, 0.25) is 5.02 Å². The second kappa shape index (κ2) is 7.04. The normalized spacial score (nSPS) is 13.6. The lowest BCUT2D eigenvalue weighted by molar-refractivity contribution is 0.628. The highest BCUT2D eigenvalue weighted by Gasteiger charge is 2.23. The van der Waals surface area contributed by atoms with Crippen LogP contribution < -0.4 is 5.32 Å². The summed E-state index contributed by atoms with van der Waals surface area (Å²) in [5, 5.41) is 4.73. The highest BCUT2D eigenvalue weighted by molar-refractivity contribution is 6.35. The molecule has 5 rings (SSSR count). The number of nitrogens with zero attached hydrogens (tertiary/aromatic N) is 4. The molecule has 0 radical (unpaired) electrons. The topological polar surface area (TPSA) is 63.6 Å². The summed E-state index contributed by atoms with van der Waals surface area (Å²) in [7, 11) is 0. The Kier molecular flexibility index (Phi) is 4.36. The van der Waals surface area contributed by atoms with Crippen molar-refractivity contribution in [2.75, 3.05) is 5.32 Å². The van der Waals surface area contributed by atoms with Gasteiger partial charge in [0.25, 0.3) is 0 Å². The van der Waals surface area contributed by atoms with Gasteiger partial charge in [0.15, 0.2) is 0 Å². The minimum atomic E-state index is -0.290. The molecular formula is C22H17ClFN5. The van der Waals surface area contributed by atoms with Crippen molar-refractivity contribution in [1.29, 1.82) is 0 Å². The van der Waals surface area contributed by atoms with Crippen molar-refractivity contribution in [2.24, 2.45) is 0 Å². The van der Waals surface area contributed by atoms with Crippen molar-refractivity contribution in [3.8, 4) is 22.4 Å². The molecule has 0 amide bonds. The summed E-state index contributed by atoms with van der Waals surface area (Å²) in [5.74, 6) is 0.282. The van der Waals surface area contributed by atoms with E-state index in [9.17, 15) is 4.39 Å². The van der Waals surface area contributed by atoms with Crippen molar-refractivity contribution in [1.82, 2.24) is 19.9 Å². The van der Waals surface area contributed by atoms with Crippen LogP contribution in [0.3, 0.4) is 0 Å². The molecular weight excluding hydrogens is 389 g/mol. The van der Waals surface area contributed by atoms with Crippen molar-refractivity contribution in [2.45, 2.75) is 25.8 Å². The predicted octanol–water partition coefficient (Wildman–Crippen LogP) is 5.43. The van der Waals surface area contributed by atoms with Crippen molar-refractivity contribution >= 4 is 28.5 Å². The molecule has 144 valence electrons. The molecule has 1 saturated carbocycles. The molecule has 0 aliphatic heterocycles. The van der Waals surface area contributed by atoms with Crippen LogP contribution in [0.1, 0.15) is 18.5 Å². The van der Waals surface area contributed by atoms with Gasteiger partial charge in [-0.3, -0.25) is 0 Å². The molecule has 29 heavy (non-hydrogen) atoms. The van der Waals surface area contributed by atoms with Gasteiger partial charge >= 0.3 is 0 Å². The number of aryl methyl sites for hydroxylation is 1. The van der Waals surface area contributed by atoms with E-state index < -0.39 is 0 Å². The van der Waals surface area contributed by atoms with E-state index in [1.807, 2.05) is 19.1 Å². The molecule has 0 saturated heterocycles. The summed E-state index contributed by atoms with van der Waals surface area (Å²) in [6.45, 7) is 1.92. The second-order valence-electron chi connectivity index (χ2n) is 7.19. The highest BCUT2D eigenvalue weighted by atomic mass is 35.5. The van der Waals surface area contributed by atoms with Crippen molar-refractivity contribution in [3.05, 3.63) is 65.5 Å². The van der Waals surface area contributed by atoms with Gasteiger partial charge in [-0.05, 0) is 61.7 Å². The maximum Gasteiger partial charge on any atom is 0.223 e. The third kappa shape index (κ3) is 3.51. The molecule has 2 heterocycles. The number of rotatable bonds is 4. The summed E-state index contributed by atoms with van der Waals surface area (Å²) in [6, 6.07) is 10.6. The fourth-order valence-electron chi connectivity index (χ4n) is 3.30. The quantitative estimate of drug-likeness (QED) is 0.490. The van der Waals surface area contributed by atoms with E-state index in [2.05, 4.69) is 20.3 Å². The number of benzene rings is 2. The number of nitrogens with one attached hydrogen (secondary N) is 1. The molecule has 4 aromatic rings. The van der Waals surface area contributed by atoms with Gasteiger partial charge in [0.1, 0.15) is 12.1 Å². The van der Waals surface area contributed by atoms with Gasteiger partial charge in [-0.25, -0.2) is 24.3 Å². The lowest BCUT2D eigenvalue weighted by atomic mass is 9.99. The van der Waals surface area contributed by atoms with Gasteiger partial charge in [0, 0.05) is 34.4 Å². The summed E-state index contributed by atoms with van der Waals surface area (Å²) < 4.78 is 13.5. The molecule has 0 atom stereocenters. The zero-order valence-electron chi connectivity index (χ0n) is 15.7. The lowest BCUT2D eigenvalue weighted by Crippen LogP contribution is -2.06. The number of fused-ring (bicyclic) bond motifs is 1. The Balaban J connectivity index is 1.70. The Morgan fingerprint density at radius 1 is 1.03 bits per heavy atom. The average molecular weight is 406 g/mol. The molecule has 1 aliphatic carbocycles. The van der Waals surface area contributed by atoms with Gasteiger partial charge in [-0.2, -0.15) is 0 Å². The zero-order chi connectivity index (χ0) is 20.0. The first-order chi connectivity index (χ1) is 14.1. The number of aromatic nitrogens is 4. The molecule has 1 aliphatic rings. The summed E-state index contributed by atoms with van der Waals surface area (Å²) in [6.07, 6.45) is 5.54. The fraction of sp³-hybridized carbons (Fsp3) is 0.182. The van der Waals surface area contributed by atoms with Gasteiger partial charge < -0.3 is 5.32 Å². The smallest absolute Gasteiger partial charge is 0.223 e. The molecule has 5 nitrogen and oxygen atoms in total. The van der Waals surface area contributed by atoms with Crippen molar-refractivity contribution in [3.63, 3.8) is 0 Å². The second-order valence-corrected chi connectivity index (χ2v) is 7.60. The molecule has 7 heteroatoms. The molecule has 1 N–H and O–H groups in total. The SMILES string of the molecule is Cc1ncnc2c(Cl)cc(-c3cnc(NC4CC4)nc3-c3ccc(F)cc3)cc12. The van der Waals surface area contributed by atoms with Crippen LogP contribution in [0.15, 0.2) is 48.9 Å². The number of halogens is 2. The van der Waals surface area contributed by atoms with Crippen LogP contribution in [0.25, 0.3) is 33.3 Å². The Hall–Kier alpha value is -3.12. The third-order valence-corrected chi connectivity index (χ3v) is 5.31. The molecule has 0 unspecified atom stereocenters. The first kappa shape index (κ1) is 17.9. The molecule has 2 aromatic heterocycles. The molecule has 0 spiro atoms. The Morgan fingerprint density at radius 3 is 2.59 bits per heavy atom. The fourth-order valence-corrected chi connectivity index (χ4v) is 3.57. The van der Waals surface area contributed by atoms with Crippen LogP contribution >= 0.6 is 11.6 Å². The van der Waals surface area contributed by atoms with E-state index in [-0.39, 0.29) is 5.82 Å². The Bertz CT molecular complexity index is 1220.